The number of alkyl carbamates (subject to hydrolysis) is 1. The fourth-order valence-corrected chi connectivity index (χ4v) is 4.61. The zero-order valence-electron chi connectivity index (χ0n) is 22.4. The Morgan fingerprint density at radius 3 is 2.27 bits per heavy atom. The van der Waals surface area contributed by atoms with Gasteiger partial charge in [-0.05, 0) is 25.7 Å². The molecule has 3 amide bonds. The number of rotatable bonds is 8. The van der Waals surface area contributed by atoms with Gasteiger partial charge in [-0.25, -0.2) is 19.6 Å². The van der Waals surface area contributed by atoms with Gasteiger partial charge in [-0.1, -0.05) is 78.9 Å². The van der Waals surface area contributed by atoms with Crippen molar-refractivity contribution in [3.05, 3.63) is 102 Å². The number of carbonyl (C=O) groups excluding carboxylic acids is 3. The molecule has 1 fully saturated rings. The molecule has 0 aromatic heterocycles. The number of hydrogen-bond donors (Lipinski definition) is 2. The van der Waals surface area contributed by atoms with Crippen molar-refractivity contribution in [3.8, 4) is 0 Å². The van der Waals surface area contributed by atoms with Crippen LogP contribution in [-0.4, -0.2) is 66.2 Å². The third-order valence-corrected chi connectivity index (χ3v) is 6.31. The van der Waals surface area contributed by atoms with Crippen LogP contribution in [0.25, 0.3) is 0 Å². The number of benzene rings is 3. The average Bonchev–Trinajstić information content (AvgIpc) is 3.73. The van der Waals surface area contributed by atoms with Gasteiger partial charge in [-0.2, -0.15) is 5.01 Å². The van der Waals surface area contributed by atoms with Crippen LogP contribution in [0, 0.1) is 0 Å². The molecule has 0 radical (unpaired) electrons. The second-order valence-electron chi connectivity index (χ2n) is 9.68. The number of likely N-dealkylation sites (N-methyl/N-ethyl adjacent to an activating group) is 1. The lowest BCUT2D eigenvalue weighted by Gasteiger charge is -2.38. The Morgan fingerprint density at radius 1 is 1.02 bits per heavy atom. The number of benzodiazepines with no additional fused rings is 1. The summed E-state index contributed by atoms with van der Waals surface area (Å²) in [5, 5.41) is 5.05. The Hall–Kier alpha value is -4.58. The molecule has 0 aliphatic carbocycles. The number of hydrogen-bond acceptors (Lipinski definition) is 8. The average molecular weight is 543 g/mol. The summed E-state index contributed by atoms with van der Waals surface area (Å²) in [7, 11) is 3.65. The summed E-state index contributed by atoms with van der Waals surface area (Å²) in [6.07, 6.45) is -2.25. The number of nitrogens with zero attached hydrogens (tertiary/aromatic N) is 4. The van der Waals surface area contributed by atoms with Gasteiger partial charge in [0.25, 0.3) is 11.8 Å². The van der Waals surface area contributed by atoms with Gasteiger partial charge in [0.05, 0.1) is 17.9 Å². The molecule has 0 bridgehead atoms. The van der Waals surface area contributed by atoms with Gasteiger partial charge in [-0.15, -0.1) is 5.48 Å². The SMILES string of the molecule is CC(=O)N(N1C(=O)C(NC(=O)OCc2ccccc2)N=C(c2ccccc2)c2ccccc21)C1(CN(C)C)NO1. The van der Waals surface area contributed by atoms with Crippen molar-refractivity contribution in [2.45, 2.75) is 25.5 Å². The quantitative estimate of drug-likeness (QED) is 0.419. The van der Waals surface area contributed by atoms with E-state index in [-0.39, 0.29) is 13.2 Å². The molecule has 0 spiro atoms. The molecule has 11 heteroatoms. The molecule has 40 heavy (non-hydrogen) atoms. The zero-order valence-corrected chi connectivity index (χ0v) is 22.4. The van der Waals surface area contributed by atoms with Crippen LogP contribution in [0.2, 0.25) is 0 Å². The van der Waals surface area contributed by atoms with Gasteiger partial charge in [0.1, 0.15) is 6.61 Å². The Morgan fingerprint density at radius 2 is 1.65 bits per heavy atom. The standard InChI is InChI=1S/C29H30N6O5/c1-20(36)35(29(32-40-29)19-33(2)3)34-24-17-11-10-16-23(24)25(22-14-8-5-9-15-22)30-26(27(34)37)31-28(38)39-18-21-12-6-4-7-13-21/h4-17,26,32H,18-19H2,1-3H3,(H,31,38). The van der Waals surface area contributed by atoms with Crippen molar-refractivity contribution < 1.29 is 24.0 Å². The zero-order chi connectivity index (χ0) is 28.3. The topological polar surface area (TPSA) is 129 Å². The van der Waals surface area contributed by atoms with Crippen LogP contribution in [0.4, 0.5) is 10.5 Å². The van der Waals surface area contributed by atoms with Gasteiger partial charge < -0.3 is 9.64 Å². The maximum Gasteiger partial charge on any atom is 0.409 e. The molecule has 2 atom stereocenters. The van der Waals surface area contributed by atoms with Crippen molar-refractivity contribution in [3.63, 3.8) is 0 Å². The van der Waals surface area contributed by atoms with Gasteiger partial charge >= 0.3 is 6.09 Å². The van der Waals surface area contributed by atoms with Crippen LogP contribution in [0.5, 0.6) is 0 Å². The van der Waals surface area contributed by atoms with Crippen LogP contribution in [-0.2, 0) is 25.8 Å². The van der Waals surface area contributed by atoms with E-state index < -0.39 is 29.9 Å². The summed E-state index contributed by atoms with van der Waals surface area (Å²) >= 11 is 0. The van der Waals surface area contributed by atoms with Crippen LogP contribution in [0.15, 0.2) is 89.9 Å². The normalized spacial score (nSPS) is 19.8. The molecule has 11 nitrogen and oxygen atoms in total. The van der Waals surface area contributed by atoms with E-state index in [1.165, 1.54) is 16.9 Å². The molecule has 1 saturated heterocycles. The van der Waals surface area contributed by atoms with Crippen molar-refractivity contribution in [2.24, 2.45) is 4.99 Å². The molecular weight excluding hydrogens is 512 g/mol. The molecule has 3 aromatic carbocycles. The first-order valence-electron chi connectivity index (χ1n) is 12.7. The molecule has 206 valence electrons. The number of anilines is 1. The molecular formula is C29H30N6O5. The third-order valence-electron chi connectivity index (χ3n) is 6.31. The van der Waals surface area contributed by atoms with Gasteiger partial charge in [0.2, 0.25) is 12.1 Å². The number of amides is 3. The summed E-state index contributed by atoms with van der Waals surface area (Å²) in [6.45, 7) is 1.61. The number of fused-ring (bicyclic) bond motifs is 1. The van der Waals surface area contributed by atoms with Crippen molar-refractivity contribution in [1.29, 1.82) is 0 Å². The number of ether oxygens (including phenoxy) is 1. The maximum absolute atomic E-state index is 14.3. The minimum absolute atomic E-state index is 0.00998. The van der Waals surface area contributed by atoms with Gasteiger partial charge in [0, 0.05) is 18.1 Å². The largest absolute Gasteiger partial charge is 0.445 e. The first-order valence-corrected chi connectivity index (χ1v) is 12.7. The smallest absolute Gasteiger partial charge is 0.409 e. The predicted molar refractivity (Wildman–Crippen MR) is 148 cm³/mol. The predicted octanol–water partition coefficient (Wildman–Crippen LogP) is 2.64. The summed E-state index contributed by atoms with van der Waals surface area (Å²) in [5.74, 6) is -2.42. The summed E-state index contributed by atoms with van der Waals surface area (Å²) in [5.41, 5.74) is 5.77. The highest BCUT2D eigenvalue weighted by atomic mass is 16.8. The lowest BCUT2D eigenvalue weighted by molar-refractivity contribution is -0.143. The Balaban J connectivity index is 1.57. The number of hydrazine groups is 1. The minimum atomic E-state index is -1.41. The molecule has 5 rings (SSSR count). The van der Waals surface area contributed by atoms with Crippen LogP contribution >= 0.6 is 0 Å². The fraction of sp³-hybridized carbons (Fsp3) is 0.241. The number of carbonyl (C=O) groups is 3. The number of para-hydroxylation sites is 1. The van der Waals surface area contributed by atoms with Crippen LogP contribution in [0.1, 0.15) is 23.6 Å². The summed E-state index contributed by atoms with van der Waals surface area (Å²) in [4.78, 5) is 52.5. The minimum Gasteiger partial charge on any atom is -0.445 e. The third kappa shape index (κ3) is 5.57. The van der Waals surface area contributed by atoms with E-state index in [0.717, 1.165) is 11.1 Å². The van der Waals surface area contributed by atoms with Gasteiger partial charge in [-0.3, -0.25) is 14.9 Å². The van der Waals surface area contributed by atoms with Crippen molar-refractivity contribution in [2.75, 3.05) is 25.6 Å². The van der Waals surface area contributed by atoms with Gasteiger partial charge in [0.15, 0.2) is 0 Å². The molecule has 2 aliphatic rings. The van der Waals surface area contributed by atoms with Crippen molar-refractivity contribution in [1.82, 2.24) is 20.7 Å². The Labute approximate surface area is 231 Å². The molecule has 0 saturated carbocycles. The second-order valence-corrected chi connectivity index (χ2v) is 9.68. The van der Waals surface area contributed by atoms with E-state index in [0.29, 0.717) is 17.0 Å². The molecule has 2 aliphatic heterocycles. The summed E-state index contributed by atoms with van der Waals surface area (Å²) in [6, 6.07) is 25.6. The van der Waals surface area contributed by atoms with Crippen LogP contribution in [0.3, 0.4) is 0 Å². The van der Waals surface area contributed by atoms with E-state index in [1.54, 1.807) is 12.1 Å². The van der Waals surface area contributed by atoms with E-state index in [9.17, 15) is 14.4 Å². The lowest BCUT2D eigenvalue weighted by atomic mass is 10.0. The van der Waals surface area contributed by atoms with E-state index in [1.807, 2.05) is 91.8 Å². The van der Waals surface area contributed by atoms with Crippen molar-refractivity contribution >= 4 is 29.3 Å². The molecule has 3 aromatic rings. The lowest BCUT2D eigenvalue weighted by Crippen LogP contribution is -2.63. The van der Waals surface area contributed by atoms with E-state index in [2.05, 4.69) is 10.8 Å². The highest BCUT2D eigenvalue weighted by molar-refractivity contribution is 6.20. The first-order chi connectivity index (χ1) is 19.3. The monoisotopic (exact) mass is 542 g/mol. The maximum atomic E-state index is 14.3. The fourth-order valence-electron chi connectivity index (χ4n) is 4.61. The number of hydroxylamine groups is 1. The number of nitrogens with one attached hydrogen (secondary N) is 2. The summed E-state index contributed by atoms with van der Waals surface area (Å²) < 4.78 is 5.40. The van der Waals surface area contributed by atoms with Crippen LogP contribution < -0.4 is 15.8 Å². The molecule has 2 unspecified atom stereocenters. The molecule has 2 N–H and O–H groups in total. The Bertz CT molecular complexity index is 1430. The number of aliphatic imine (C=N–C) groups is 1. The Kier molecular flexibility index (Phi) is 7.60. The van der Waals surface area contributed by atoms with E-state index in [4.69, 9.17) is 14.6 Å². The highest BCUT2D eigenvalue weighted by Crippen LogP contribution is 2.35. The van der Waals surface area contributed by atoms with E-state index >= 15 is 0 Å². The highest BCUT2D eigenvalue weighted by Gasteiger charge is 2.57. The second kappa shape index (κ2) is 11.3. The molecule has 2 heterocycles. The first kappa shape index (κ1) is 27.0.